The van der Waals surface area contributed by atoms with Gasteiger partial charge in [0.15, 0.2) is 0 Å². The number of hydrogen-bond acceptors (Lipinski definition) is 4. The van der Waals surface area contributed by atoms with Gasteiger partial charge in [0.25, 0.3) is 5.91 Å². The van der Waals surface area contributed by atoms with E-state index in [1.807, 2.05) is 0 Å². The number of imide groups is 1. The largest absolute Gasteiger partial charge is 0.366 e. The topological polar surface area (TPSA) is 92.5 Å². The van der Waals surface area contributed by atoms with E-state index >= 15 is 0 Å². The first-order chi connectivity index (χ1) is 9.54. The lowest BCUT2D eigenvalue weighted by Gasteiger charge is -2.15. The summed E-state index contributed by atoms with van der Waals surface area (Å²) in [6.07, 6.45) is 1.74. The first-order valence-electron chi connectivity index (χ1n) is 6.15. The smallest absolute Gasteiger partial charge is 0.251 e. The number of carbonyl (C=O) groups is 3. The fourth-order valence-corrected chi connectivity index (χ4v) is 2.06. The number of carbonyl (C=O) groups excluding carboxylic acids is 3. The van der Waals surface area contributed by atoms with Crippen LogP contribution in [0.15, 0.2) is 36.9 Å². The van der Waals surface area contributed by atoms with Crippen LogP contribution in [0.25, 0.3) is 0 Å². The highest BCUT2D eigenvalue weighted by Crippen LogP contribution is 2.23. The van der Waals surface area contributed by atoms with Crippen LogP contribution in [0, 0.1) is 0 Å². The molecule has 2 rings (SSSR count). The fourth-order valence-electron chi connectivity index (χ4n) is 2.06. The number of nitrogens with zero attached hydrogens (tertiary/aromatic N) is 1. The van der Waals surface area contributed by atoms with Gasteiger partial charge in [-0.1, -0.05) is 6.08 Å². The maximum atomic E-state index is 12.2. The Balaban J connectivity index is 2.19. The van der Waals surface area contributed by atoms with Gasteiger partial charge in [-0.3, -0.25) is 14.4 Å². The van der Waals surface area contributed by atoms with Crippen LogP contribution >= 0.6 is 0 Å². The number of benzene rings is 1. The zero-order valence-electron chi connectivity index (χ0n) is 10.8. The van der Waals surface area contributed by atoms with Crippen molar-refractivity contribution in [3.8, 4) is 0 Å². The first-order valence-corrected chi connectivity index (χ1v) is 6.15. The summed E-state index contributed by atoms with van der Waals surface area (Å²) in [4.78, 5) is 36.2. The zero-order chi connectivity index (χ0) is 14.7. The predicted molar refractivity (Wildman–Crippen MR) is 74.1 cm³/mol. The summed E-state index contributed by atoms with van der Waals surface area (Å²) in [7, 11) is 0. The van der Waals surface area contributed by atoms with Crippen LogP contribution in [0.3, 0.4) is 0 Å². The normalized spacial score (nSPS) is 18.4. The van der Waals surface area contributed by atoms with Crippen molar-refractivity contribution in [2.75, 3.05) is 11.4 Å². The molecule has 0 aromatic heterocycles. The lowest BCUT2D eigenvalue weighted by Crippen LogP contribution is -2.38. The molecule has 0 aliphatic carbocycles. The van der Waals surface area contributed by atoms with E-state index in [4.69, 9.17) is 5.73 Å². The molecule has 3 amide bonds. The van der Waals surface area contributed by atoms with E-state index < -0.39 is 11.9 Å². The molecule has 3 N–H and O–H groups in total. The molecule has 0 saturated carbocycles. The van der Waals surface area contributed by atoms with Crippen LogP contribution in [-0.4, -0.2) is 30.3 Å². The van der Waals surface area contributed by atoms with Gasteiger partial charge >= 0.3 is 0 Å². The van der Waals surface area contributed by atoms with Gasteiger partial charge < -0.3 is 11.1 Å². The number of nitrogens with two attached hydrogens (primary N) is 1. The fraction of sp³-hybridized carbons (Fsp3) is 0.214. The summed E-state index contributed by atoms with van der Waals surface area (Å²) in [6, 6.07) is 5.51. The third kappa shape index (κ3) is 2.60. The van der Waals surface area contributed by atoms with E-state index in [1.54, 1.807) is 6.08 Å². The Labute approximate surface area is 116 Å². The van der Waals surface area contributed by atoms with Gasteiger partial charge in [-0.15, -0.1) is 6.58 Å². The zero-order valence-corrected chi connectivity index (χ0v) is 10.8. The van der Waals surface area contributed by atoms with Crippen molar-refractivity contribution in [1.82, 2.24) is 5.32 Å². The molecule has 1 aliphatic heterocycles. The molecular formula is C14H15N3O3. The monoisotopic (exact) mass is 273 g/mol. The molecule has 1 heterocycles. The Morgan fingerprint density at radius 1 is 1.40 bits per heavy atom. The molecule has 0 bridgehead atoms. The standard InChI is InChI=1S/C14H15N3O3/c1-2-7-16-11-8-12(18)17(14(11)20)10-5-3-9(4-6-10)13(15)19/h2-6,11,16H,1,7-8H2,(H2,15,19). The Bertz CT molecular complexity index is 566. The van der Waals surface area contributed by atoms with E-state index in [0.29, 0.717) is 17.8 Å². The number of hydrogen-bond donors (Lipinski definition) is 2. The van der Waals surface area contributed by atoms with Gasteiger partial charge in [-0.05, 0) is 24.3 Å². The average Bonchev–Trinajstić information content (AvgIpc) is 2.71. The summed E-state index contributed by atoms with van der Waals surface area (Å²) in [5, 5.41) is 2.94. The van der Waals surface area contributed by atoms with Crippen molar-refractivity contribution < 1.29 is 14.4 Å². The second-order valence-corrected chi connectivity index (χ2v) is 4.43. The molecule has 20 heavy (non-hydrogen) atoms. The minimum atomic E-state index is -0.554. The quantitative estimate of drug-likeness (QED) is 0.592. The number of rotatable bonds is 5. The molecule has 0 spiro atoms. The van der Waals surface area contributed by atoms with Crippen molar-refractivity contribution in [3.63, 3.8) is 0 Å². The molecule has 1 aliphatic rings. The first kappa shape index (κ1) is 14.0. The van der Waals surface area contributed by atoms with Gasteiger partial charge in [-0.2, -0.15) is 0 Å². The molecular weight excluding hydrogens is 258 g/mol. The Morgan fingerprint density at radius 2 is 2.05 bits per heavy atom. The Kier molecular flexibility index (Phi) is 3.95. The highest BCUT2D eigenvalue weighted by molar-refractivity contribution is 6.22. The second-order valence-electron chi connectivity index (χ2n) is 4.43. The Hall–Kier alpha value is -2.47. The number of nitrogens with one attached hydrogen (secondary N) is 1. The third-order valence-corrected chi connectivity index (χ3v) is 3.07. The molecule has 1 aromatic rings. The average molecular weight is 273 g/mol. The van der Waals surface area contributed by atoms with Crippen molar-refractivity contribution in [1.29, 1.82) is 0 Å². The minimum Gasteiger partial charge on any atom is -0.366 e. The van der Waals surface area contributed by atoms with Crippen molar-refractivity contribution in [2.45, 2.75) is 12.5 Å². The van der Waals surface area contributed by atoms with Crippen molar-refractivity contribution in [2.24, 2.45) is 5.73 Å². The lowest BCUT2D eigenvalue weighted by molar-refractivity contribution is -0.121. The number of anilines is 1. The van der Waals surface area contributed by atoms with Gasteiger partial charge in [0.2, 0.25) is 11.8 Å². The molecule has 0 radical (unpaired) electrons. The molecule has 6 heteroatoms. The highest BCUT2D eigenvalue weighted by atomic mass is 16.2. The predicted octanol–water partition coefficient (Wildman–Crippen LogP) is 0.193. The number of primary amides is 1. The summed E-state index contributed by atoms with van der Waals surface area (Å²) < 4.78 is 0. The highest BCUT2D eigenvalue weighted by Gasteiger charge is 2.38. The minimum absolute atomic E-state index is 0.115. The van der Waals surface area contributed by atoms with E-state index in [1.165, 1.54) is 24.3 Å². The van der Waals surface area contributed by atoms with Gasteiger partial charge in [-0.25, -0.2) is 4.90 Å². The lowest BCUT2D eigenvalue weighted by atomic mass is 10.2. The SMILES string of the molecule is C=CCNC1CC(=O)N(c2ccc(C(N)=O)cc2)C1=O. The van der Waals surface area contributed by atoms with Gasteiger partial charge in [0, 0.05) is 12.1 Å². The van der Waals surface area contributed by atoms with Crippen LogP contribution in [0.4, 0.5) is 5.69 Å². The molecule has 1 atom stereocenters. The van der Waals surface area contributed by atoms with E-state index in [0.717, 1.165) is 4.90 Å². The Morgan fingerprint density at radius 3 is 2.60 bits per heavy atom. The maximum absolute atomic E-state index is 12.2. The van der Waals surface area contributed by atoms with Crippen LogP contribution in [0.2, 0.25) is 0 Å². The van der Waals surface area contributed by atoms with Crippen molar-refractivity contribution in [3.05, 3.63) is 42.5 Å². The maximum Gasteiger partial charge on any atom is 0.251 e. The van der Waals surface area contributed by atoms with E-state index in [9.17, 15) is 14.4 Å². The summed E-state index contributed by atoms with van der Waals surface area (Å²) >= 11 is 0. The molecule has 1 fully saturated rings. The number of amides is 3. The van der Waals surface area contributed by atoms with Crippen LogP contribution in [0.1, 0.15) is 16.8 Å². The van der Waals surface area contributed by atoms with Crippen LogP contribution < -0.4 is 16.0 Å². The molecule has 104 valence electrons. The third-order valence-electron chi connectivity index (χ3n) is 3.07. The summed E-state index contributed by atoms with van der Waals surface area (Å²) in [5.41, 5.74) is 5.91. The molecule has 6 nitrogen and oxygen atoms in total. The molecule has 1 unspecified atom stereocenters. The van der Waals surface area contributed by atoms with Gasteiger partial charge in [0.1, 0.15) is 0 Å². The van der Waals surface area contributed by atoms with Crippen molar-refractivity contribution >= 4 is 23.4 Å². The molecule has 1 saturated heterocycles. The van der Waals surface area contributed by atoms with Crippen LogP contribution in [0.5, 0.6) is 0 Å². The second kappa shape index (κ2) is 5.66. The summed E-state index contributed by atoms with van der Waals surface area (Å²) in [6.45, 7) is 4.01. The van der Waals surface area contributed by atoms with Gasteiger partial charge in [0.05, 0.1) is 18.2 Å². The van der Waals surface area contributed by atoms with E-state index in [2.05, 4.69) is 11.9 Å². The molecule has 1 aromatic carbocycles. The summed E-state index contributed by atoms with van der Waals surface area (Å²) in [5.74, 6) is -1.13. The van der Waals surface area contributed by atoms with E-state index in [-0.39, 0.29) is 18.2 Å². The van der Waals surface area contributed by atoms with Crippen LogP contribution in [-0.2, 0) is 9.59 Å².